The number of amides is 1. The van der Waals surface area contributed by atoms with Crippen LogP contribution in [0.25, 0.3) is 0 Å². The Hall–Kier alpha value is -2.37. The molecule has 0 bridgehead atoms. The van der Waals surface area contributed by atoms with E-state index in [9.17, 15) is 4.79 Å². The van der Waals surface area contributed by atoms with Crippen LogP contribution in [0.5, 0.6) is 0 Å². The van der Waals surface area contributed by atoms with Crippen molar-refractivity contribution in [3.63, 3.8) is 0 Å². The molecule has 6 heteroatoms. The quantitative estimate of drug-likeness (QED) is 0.868. The molecule has 0 N–H and O–H groups in total. The van der Waals surface area contributed by atoms with E-state index in [-0.39, 0.29) is 11.9 Å². The van der Waals surface area contributed by atoms with Gasteiger partial charge in [-0.2, -0.15) is 5.10 Å². The molecule has 1 fully saturated rings. The van der Waals surface area contributed by atoms with Gasteiger partial charge in [-0.25, -0.2) is 4.98 Å². The normalized spacial score (nSPS) is 17.8. The highest BCUT2D eigenvalue weighted by Crippen LogP contribution is 2.32. The van der Waals surface area contributed by atoms with Crippen molar-refractivity contribution >= 4 is 11.7 Å². The monoisotopic (exact) mass is 299 g/mol. The number of carbonyl (C=O) groups excluding carboxylic acids is 1. The Morgan fingerprint density at radius 2 is 2.14 bits per heavy atom. The first kappa shape index (κ1) is 14.6. The highest BCUT2D eigenvalue weighted by Gasteiger charge is 2.31. The molecule has 0 unspecified atom stereocenters. The molecule has 2 aromatic heterocycles. The Labute approximate surface area is 130 Å². The molecule has 0 aromatic carbocycles. The molecule has 0 spiro atoms. The van der Waals surface area contributed by atoms with Crippen molar-refractivity contribution < 1.29 is 4.79 Å². The Kier molecular flexibility index (Phi) is 3.83. The summed E-state index contributed by atoms with van der Waals surface area (Å²) in [6.45, 7) is 0.786. The molecule has 0 aliphatic carbocycles. The Morgan fingerprint density at radius 1 is 1.32 bits per heavy atom. The maximum Gasteiger partial charge on any atom is 0.255 e. The van der Waals surface area contributed by atoms with Gasteiger partial charge in [0.2, 0.25) is 0 Å². The van der Waals surface area contributed by atoms with Crippen LogP contribution in [0, 0.1) is 0 Å². The summed E-state index contributed by atoms with van der Waals surface area (Å²) in [7, 11) is 5.76. The van der Waals surface area contributed by atoms with E-state index in [1.165, 1.54) is 0 Å². The number of aromatic nitrogens is 3. The third-order valence-corrected chi connectivity index (χ3v) is 4.08. The maximum absolute atomic E-state index is 12.8. The van der Waals surface area contributed by atoms with Gasteiger partial charge in [0.25, 0.3) is 5.91 Å². The predicted molar refractivity (Wildman–Crippen MR) is 84.8 cm³/mol. The molecule has 1 aliphatic heterocycles. The molecule has 1 atom stereocenters. The summed E-state index contributed by atoms with van der Waals surface area (Å²) in [4.78, 5) is 21.0. The lowest BCUT2D eigenvalue weighted by atomic mass is 10.1. The minimum atomic E-state index is 0.0455. The van der Waals surface area contributed by atoms with Crippen molar-refractivity contribution in [2.24, 2.45) is 7.05 Å². The van der Waals surface area contributed by atoms with Gasteiger partial charge in [-0.1, -0.05) is 0 Å². The molecule has 1 aliphatic rings. The minimum Gasteiger partial charge on any atom is -0.363 e. The number of hydrogen-bond donors (Lipinski definition) is 0. The molecule has 6 nitrogen and oxygen atoms in total. The Morgan fingerprint density at radius 3 is 2.73 bits per heavy atom. The number of nitrogens with zero attached hydrogens (tertiary/aromatic N) is 5. The van der Waals surface area contributed by atoms with Crippen LogP contribution < -0.4 is 4.90 Å². The molecule has 1 amide bonds. The van der Waals surface area contributed by atoms with Crippen molar-refractivity contribution in [1.82, 2.24) is 19.7 Å². The van der Waals surface area contributed by atoms with E-state index in [0.29, 0.717) is 5.56 Å². The highest BCUT2D eigenvalue weighted by atomic mass is 16.2. The van der Waals surface area contributed by atoms with Gasteiger partial charge in [0, 0.05) is 45.6 Å². The van der Waals surface area contributed by atoms with E-state index < -0.39 is 0 Å². The molecule has 22 heavy (non-hydrogen) atoms. The smallest absolute Gasteiger partial charge is 0.255 e. The van der Waals surface area contributed by atoms with Crippen molar-refractivity contribution in [2.45, 2.75) is 18.9 Å². The summed E-state index contributed by atoms with van der Waals surface area (Å²) in [5, 5.41) is 4.22. The number of aryl methyl sites for hydroxylation is 1. The van der Waals surface area contributed by atoms with Crippen molar-refractivity contribution in [1.29, 1.82) is 0 Å². The zero-order valence-electron chi connectivity index (χ0n) is 13.2. The summed E-state index contributed by atoms with van der Waals surface area (Å²) in [6.07, 6.45) is 7.51. The molecular weight excluding hydrogens is 278 g/mol. The van der Waals surface area contributed by atoms with Crippen molar-refractivity contribution in [3.8, 4) is 0 Å². The summed E-state index contributed by atoms with van der Waals surface area (Å²) >= 11 is 0. The van der Waals surface area contributed by atoms with Gasteiger partial charge in [-0.3, -0.25) is 9.48 Å². The van der Waals surface area contributed by atoms with E-state index in [0.717, 1.165) is 30.8 Å². The number of pyridine rings is 1. The molecule has 116 valence electrons. The van der Waals surface area contributed by atoms with Crippen LogP contribution in [0.3, 0.4) is 0 Å². The van der Waals surface area contributed by atoms with Gasteiger partial charge < -0.3 is 9.80 Å². The molecule has 3 heterocycles. The van der Waals surface area contributed by atoms with Crippen LogP contribution in [0.4, 0.5) is 5.82 Å². The van der Waals surface area contributed by atoms with Crippen LogP contribution in [-0.4, -0.2) is 46.2 Å². The van der Waals surface area contributed by atoms with Gasteiger partial charge in [0.05, 0.1) is 17.8 Å². The largest absolute Gasteiger partial charge is 0.363 e. The third kappa shape index (κ3) is 2.68. The Balaban J connectivity index is 1.81. The van der Waals surface area contributed by atoms with Crippen molar-refractivity contribution in [2.75, 3.05) is 25.5 Å². The molecule has 0 saturated carbocycles. The van der Waals surface area contributed by atoms with Gasteiger partial charge in [-0.15, -0.1) is 0 Å². The fraction of sp³-hybridized carbons (Fsp3) is 0.438. The fourth-order valence-electron chi connectivity index (χ4n) is 2.91. The number of rotatable bonds is 3. The highest BCUT2D eigenvalue weighted by molar-refractivity contribution is 5.94. The average molecular weight is 299 g/mol. The zero-order valence-corrected chi connectivity index (χ0v) is 13.2. The van der Waals surface area contributed by atoms with Crippen LogP contribution in [0.2, 0.25) is 0 Å². The second kappa shape index (κ2) is 5.79. The van der Waals surface area contributed by atoms with Gasteiger partial charge in [0.15, 0.2) is 0 Å². The maximum atomic E-state index is 12.8. The fourth-order valence-corrected chi connectivity index (χ4v) is 2.91. The van der Waals surface area contributed by atoms with Crippen LogP contribution >= 0.6 is 0 Å². The summed E-state index contributed by atoms with van der Waals surface area (Å²) in [5.41, 5.74) is 1.74. The van der Waals surface area contributed by atoms with Crippen LogP contribution in [-0.2, 0) is 7.05 Å². The summed E-state index contributed by atoms with van der Waals surface area (Å²) in [5.74, 6) is 0.894. The lowest BCUT2D eigenvalue weighted by Crippen LogP contribution is -2.30. The van der Waals surface area contributed by atoms with E-state index in [2.05, 4.69) is 10.1 Å². The van der Waals surface area contributed by atoms with Crippen LogP contribution in [0.15, 0.2) is 30.7 Å². The molecule has 1 saturated heterocycles. The summed E-state index contributed by atoms with van der Waals surface area (Å²) < 4.78 is 1.78. The average Bonchev–Trinajstić information content (AvgIpc) is 3.15. The topological polar surface area (TPSA) is 54.3 Å². The van der Waals surface area contributed by atoms with Gasteiger partial charge in [-0.05, 0) is 25.0 Å². The third-order valence-electron chi connectivity index (χ3n) is 4.08. The number of anilines is 1. The molecular formula is C16H21N5O. The van der Waals surface area contributed by atoms with E-state index in [1.807, 2.05) is 55.5 Å². The predicted octanol–water partition coefficient (Wildman–Crippen LogP) is 1.86. The summed E-state index contributed by atoms with van der Waals surface area (Å²) in [6, 6.07) is 3.85. The van der Waals surface area contributed by atoms with E-state index >= 15 is 0 Å². The second-order valence-electron chi connectivity index (χ2n) is 5.90. The molecule has 2 aromatic rings. The first-order valence-corrected chi connectivity index (χ1v) is 7.49. The lowest BCUT2D eigenvalue weighted by Gasteiger charge is -2.24. The molecule has 0 radical (unpaired) electrons. The standard InChI is InChI=1S/C16H21N5O/c1-19(2)15-7-6-12(9-17-15)16(22)21-8-4-5-14(21)13-10-18-20(3)11-13/h6-7,9-11,14H,4-5,8H2,1-3H3/t14-/m1/s1. The van der Waals surface area contributed by atoms with E-state index in [1.54, 1.807) is 10.9 Å². The number of carbonyl (C=O) groups is 1. The van der Waals surface area contributed by atoms with Crippen LogP contribution in [0.1, 0.15) is 34.8 Å². The number of hydrogen-bond acceptors (Lipinski definition) is 4. The lowest BCUT2D eigenvalue weighted by molar-refractivity contribution is 0.0735. The minimum absolute atomic E-state index is 0.0455. The van der Waals surface area contributed by atoms with Gasteiger partial charge >= 0.3 is 0 Å². The SMILES string of the molecule is CN(C)c1ccc(C(=O)N2CCC[C@@H]2c2cnn(C)c2)cn1. The second-order valence-corrected chi connectivity index (χ2v) is 5.90. The van der Waals surface area contributed by atoms with E-state index in [4.69, 9.17) is 0 Å². The first-order valence-electron chi connectivity index (χ1n) is 7.49. The van der Waals surface area contributed by atoms with Crippen molar-refractivity contribution in [3.05, 3.63) is 41.9 Å². The van der Waals surface area contributed by atoms with Gasteiger partial charge in [0.1, 0.15) is 5.82 Å². The first-order chi connectivity index (χ1) is 10.6. The molecule has 3 rings (SSSR count). The number of likely N-dealkylation sites (tertiary alicyclic amines) is 1. The Bertz CT molecular complexity index is 661. The zero-order chi connectivity index (χ0) is 15.7.